The summed E-state index contributed by atoms with van der Waals surface area (Å²) in [5.41, 5.74) is 6.36. The van der Waals surface area contributed by atoms with Crippen LogP contribution < -0.4 is 0 Å². The Kier molecular flexibility index (Phi) is 2.62. The van der Waals surface area contributed by atoms with Crippen molar-refractivity contribution in [1.29, 1.82) is 0 Å². The molecule has 0 aliphatic heterocycles. The molecular formula is C32H20. The van der Waals surface area contributed by atoms with Crippen molar-refractivity contribution in [1.82, 2.24) is 0 Å². The number of benzene rings is 6. The Morgan fingerprint density at radius 3 is 1.25 bits per heavy atom. The van der Waals surface area contributed by atoms with Gasteiger partial charge in [-0.3, -0.25) is 0 Å². The molecule has 0 spiro atoms. The van der Waals surface area contributed by atoms with Crippen LogP contribution >= 0.6 is 0 Å². The molecular weight excluding hydrogens is 384 g/mol. The molecule has 32 heavy (non-hydrogen) atoms. The Labute approximate surface area is 186 Å². The van der Waals surface area contributed by atoms with Gasteiger partial charge in [0.05, 0.1) is 0 Å². The van der Waals surface area contributed by atoms with Crippen LogP contribution in [0.15, 0.2) is 97.1 Å². The summed E-state index contributed by atoms with van der Waals surface area (Å²) < 4.78 is 0. The van der Waals surface area contributed by atoms with Crippen molar-refractivity contribution in [3.63, 3.8) is 0 Å². The minimum atomic E-state index is 0.598. The van der Waals surface area contributed by atoms with Crippen LogP contribution in [0.1, 0.15) is 45.9 Å². The van der Waals surface area contributed by atoms with E-state index in [1.807, 2.05) is 0 Å². The van der Waals surface area contributed by atoms with Gasteiger partial charge in [0.15, 0.2) is 0 Å². The number of rotatable bonds is 0. The first-order valence-corrected chi connectivity index (χ1v) is 11.8. The van der Waals surface area contributed by atoms with E-state index in [-0.39, 0.29) is 0 Å². The van der Waals surface area contributed by atoms with E-state index in [0.717, 1.165) is 0 Å². The molecule has 0 heterocycles. The molecule has 0 radical (unpaired) electrons. The summed E-state index contributed by atoms with van der Waals surface area (Å²) in [7, 11) is 0. The van der Waals surface area contributed by atoms with Crippen LogP contribution in [0.3, 0.4) is 0 Å². The zero-order valence-electron chi connectivity index (χ0n) is 17.5. The van der Waals surface area contributed by atoms with Gasteiger partial charge in [0, 0.05) is 0 Å². The van der Waals surface area contributed by atoms with Gasteiger partial charge in [-0.1, -0.05) is 97.1 Å². The molecule has 0 nitrogen and oxygen atoms in total. The van der Waals surface area contributed by atoms with Gasteiger partial charge in [-0.05, 0) is 89.0 Å². The second-order valence-electron chi connectivity index (χ2n) is 10.0. The minimum absolute atomic E-state index is 0.598. The third-order valence-corrected chi connectivity index (χ3v) is 8.88. The van der Waals surface area contributed by atoms with Gasteiger partial charge in [-0.2, -0.15) is 0 Å². The minimum Gasteiger partial charge on any atom is -0.0616 e. The normalized spacial score (nSPS) is 24.2. The summed E-state index contributed by atoms with van der Waals surface area (Å²) in [6.45, 7) is 0. The van der Waals surface area contributed by atoms with Crippen molar-refractivity contribution in [2.24, 2.45) is 0 Å². The highest BCUT2D eigenvalue weighted by Gasteiger charge is 2.59. The maximum Gasteiger partial charge on any atom is -0.000511 e. The van der Waals surface area contributed by atoms with Crippen molar-refractivity contribution >= 4 is 43.1 Å². The molecule has 4 atom stereocenters. The third kappa shape index (κ3) is 1.62. The van der Waals surface area contributed by atoms with Gasteiger partial charge in [0.1, 0.15) is 0 Å². The lowest BCUT2D eigenvalue weighted by Gasteiger charge is -2.47. The molecule has 0 saturated heterocycles. The quantitative estimate of drug-likeness (QED) is 0.223. The van der Waals surface area contributed by atoms with Gasteiger partial charge in [0.25, 0.3) is 0 Å². The molecule has 0 heteroatoms. The first-order chi connectivity index (χ1) is 15.9. The summed E-state index contributed by atoms with van der Waals surface area (Å²) in [5, 5.41) is 11.5. The topological polar surface area (TPSA) is 0 Å². The van der Waals surface area contributed by atoms with E-state index in [9.17, 15) is 0 Å². The van der Waals surface area contributed by atoms with Gasteiger partial charge in [-0.25, -0.2) is 0 Å². The third-order valence-electron chi connectivity index (χ3n) is 8.88. The molecule has 0 N–H and O–H groups in total. The molecule has 6 aromatic rings. The second kappa shape index (κ2) is 5.22. The van der Waals surface area contributed by atoms with E-state index in [1.165, 1.54) is 32.3 Å². The maximum atomic E-state index is 2.52. The van der Waals surface area contributed by atoms with Crippen LogP contribution in [0.5, 0.6) is 0 Å². The predicted octanol–water partition coefficient (Wildman–Crippen LogP) is 8.37. The molecule has 1 fully saturated rings. The van der Waals surface area contributed by atoms with Crippen molar-refractivity contribution in [3.8, 4) is 0 Å². The summed E-state index contributed by atoms with van der Waals surface area (Å²) >= 11 is 0. The first-order valence-electron chi connectivity index (χ1n) is 11.8. The van der Waals surface area contributed by atoms with Crippen molar-refractivity contribution < 1.29 is 0 Å². The van der Waals surface area contributed by atoms with Crippen LogP contribution in [0.2, 0.25) is 0 Å². The highest BCUT2D eigenvalue weighted by molar-refractivity contribution is 6.14. The predicted molar refractivity (Wildman–Crippen MR) is 134 cm³/mol. The second-order valence-corrected chi connectivity index (χ2v) is 10.0. The number of fused-ring (bicyclic) bond motifs is 12. The van der Waals surface area contributed by atoms with E-state index in [0.29, 0.717) is 23.7 Å². The fraction of sp³-hybridized carbons (Fsp3) is 0.125. The van der Waals surface area contributed by atoms with E-state index in [2.05, 4.69) is 97.1 Å². The van der Waals surface area contributed by atoms with Gasteiger partial charge < -0.3 is 0 Å². The van der Waals surface area contributed by atoms with Gasteiger partial charge in [0.2, 0.25) is 0 Å². The lowest BCUT2D eigenvalue weighted by atomic mass is 9.55. The maximum absolute atomic E-state index is 2.52. The smallest absolute Gasteiger partial charge is 0.000511 e. The Hall–Kier alpha value is -3.64. The molecule has 6 aromatic carbocycles. The Morgan fingerprint density at radius 2 is 0.750 bits per heavy atom. The molecule has 3 aliphatic rings. The molecule has 3 aliphatic carbocycles. The van der Waals surface area contributed by atoms with E-state index < -0.39 is 0 Å². The highest BCUT2D eigenvalue weighted by Crippen LogP contribution is 2.75. The van der Waals surface area contributed by atoms with Crippen LogP contribution in [-0.4, -0.2) is 0 Å². The standard InChI is InChI=1S/C32H20/c1-3-9-19-17(7-1)15-25-27-21(19)11-5-13-23(27)29-30-24-14-6-12-22-20-10-4-2-8-18(20)16-26(28(22)24)32(30)31(25)29/h1-16,29-32H/t29-,30-,31-,32-/m0/s1. The first kappa shape index (κ1) is 16.1. The summed E-state index contributed by atoms with van der Waals surface area (Å²) in [5.74, 6) is 2.41. The van der Waals surface area contributed by atoms with Gasteiger partial charge in [-0.15, -0.1) is 0 Å². The number of hydrogen-bond acceptors (Lipinski definition) is 0. The van der Waals surface area contributed by atoms with Crippen molar-refractivity contribution in [2.45, 2.75) is 23.7 Å². The van der Waals surface area contributed by atoms with Crippen molar-refractivity contribution in [3.05, 3.63) is 119 Å². The average Bonchev–Trinajstić information content (AvgIpc) is 3.24. The lowest BCUT2D eigenvalue weighted by Crippen LogP contribution is -2.34. The Balaban J connectivity index is 1.39. The van der Waals surface area contributed by atoms with Crippen LogP contribution in [0.25, 0.3) is 43.1 Å². The fourth-order valence-corrected chi connectivity index (χ4v) is 7.83. The van der Waals surface area contributed by atoms with E-state index in [1.54, 1.807) is 33.0 Å². The Morgan fingerprint density at radius 1 is 0.344 bits per heavy atom. The summed E-state index contributed by atoms with van der Waals surface area (Å²) in [6.07, 6.45) is 0. The molecule has 0 bridgehead atoms. The van der Waals surface area contributed by atoms with E-state index in [4.69, 9.17) is 0 Å². The molecule has 0 unspecified atom stereocenters. The number of hydrogen-bond donors (Lipinski definition) is 0. The van der Waals surface area contributed by atoms with Crippen LogP contribution in [0, 0.1) is 0 Å². The molecule has 0 amide bonds. The lowest BCUT2D eigenvalue weighted by molar-refractivity contribution is 0.253. The van der Waals surface area contributed by atoms with Crippen LogP contribution in [0.4, 0.5) is 0 Å². The average molecular weight is 405 g/mol. The molecule has 1 saturated carbocycles. The van der Waals surface area contributed by atoms with E-state index >= 15 is 0 Å². The molecule has 0 aromatic heterocycles. The Bertz CT molecular complexity index is 1670. The monoisotopic (exact) mass is 404 g/mol. The van der Waals surface area contributed by atoms with Crippen LogP contribution in [-0.2, 0) is 0 Å². The zero-order chi connectivity index (χ0) is 20.6. The molecule has 9 rings (SSSR count). The summed E-state index contributed by atoms with van der Waals surface area (Å²) in [6, 6.07) is 37.0. The highest BCUT2D eigenvalue weighted by atomic mass is 14.6. The largest absolute Gasteiger partial charge is 0.0616 e. The SMILES string of the molecule is c1ccc2c(c1)cc1c3c(cccc32)[C@H]2[C@@H]3c4cccc5c4c(cc4ccccc45)[C@@H]3[C@@H]12. The molecule has 148 valence electrons. The zero-order valence-corrected chi connectivity index (χ0v) is 17.5. The van der Waals surface area contributed by atoms with Gasteiger partial charge >= 0.3 is 0 Å². The fourth-order valence-electron chi connectivity index (χ4n) is 7.83. The summed E-state index contributed by atoms with van der Waals surface area (Å²) in [4.78, 5) is 0. The van der Waals surface area contributed by atoms with Crippen molar-refractivity contribution in [2.75, 3.05) is 0 Å².